The number of para-hydroxylation sites is 2. The van der Waals surface area contributed by atoms with Gasteiger partial charge in [0.15, 0.2) is 0 Å². The first-order valence-corrected chi connectivity index (χ1v) is 25.4. The molecule has 344 valence electrons. The standard InChI is InChI=1S/C69H53N3/c1-2-46-28-30-50-16-4-5-17-51-33-32-49(68(46)69(50)51)18-7-8-21-57(44-63(70)55-35-34-52-31-29-48-20-13-14-45-26-27-56(41-55)67(52)61(48)40-45)71-64-24-11-9-22-59(64)54-37-39-66-62(43-54)60-23-10-12-25-65(60)72(66)58-38-36-47-15-3-6-19-53(47)42-58/h2-4,6,8-16,18-33,35-39,41-44,51,70-71H,1,5,7,17,34,40H2/b21-8+,49-18-,57-44+,70-63?. The highest BCUT2D eigenvalue weighted by molar-refractivity contribution is 6.12. The fourth-order valence-electron chi connectivity index (χ4n) is 11.8. The molecule has 1 aromatic heterocycles. The second-order valence-corrected chi connectivity index (χ2v) is 19.5. The van der Waals surface area contributed by atoms with E-state index in [1.165, 1.54) is 88.2 Å². The lowest BCUT2D eigenvalue weighted by atomic mass is 9.78. The number of anilines is 1. The number of aromatic nitrogens is 1. The summed E-state index contributed by atoms with van der Waals surface area (Å²) < 4.78 is 2.39. The second kappa shape index (κ2) is 18.2. The predicted molar refractivity (Wildman–Crippen MR) is 308 cm³/mol. The second-order valence-electron chi connectivity index (χ2n) is 19.5. The molecule has 2 N–H and O–H groups in total. The van der Waals surface area contributed by atoms with Gasteiger partial charge in [-0.3, -0.25) is 0 Å². The third kappa shape index (κ3) is 7.75. The smallest absolute Gasteiger partial charge is 0.0629 e. The molecule has 1 atom stereocenters. The molecule has 5 aliphatic carbocycles. The van der Waals surface area contributed by atoms with Gasteiger partial charge in [-0.25, -0.2) is 0 Å². The topological polar surface area (TPSA) is 40.8 Å². The Hall–Kier alpha value is -8.79. The van der Waals surface area contributed by atoms with E-state index >= 15 is 0 Å². The van der Waals surface area contributed by atoms with Crippen LogP contribution >= 0.6 is 0 Å². The van der Waals surface area contributed by atoms with Crippen LogP contribution in [0.1, 0.15) is 69.7 Å². The largest absolute Gasteiger partial charge is 0.355 e. The maximum absolute atomic E-state index is 9.81. The van der Waals surface area contributed by atoms with Crippen molar-refractivity contribution in [1.82, 2.24) is 4.57 Å². The van der Waals surface area contributed by atoms with Gasteiger partial charge in [-0.05, 0) is 170 Å². The molecule has 3 nitrogen and oxygen atoms in total. The number of nitrogens with one attached hydrogen (secondary N) is 2. The Morgan fingerprint density at radius 3 is 2.57 bits per heavy atom. The summed E-state index contributed by atoms with van der Waals surface area (Å²) in [6.07, 6.45) is 40.2. The van der Waals surface area contributed by atoms with Crippen LogP contribution in [0.5, 0.6) is 0 Å². The molecule has 7 aromatic carbocycles. The van der Waals surface area contributed by atoms with Crippen molar-refractivity contribution in [2.75, 3.05) is 5.32 Å². The summed E-state index contributed by atoms with van der Waals surface area (Å²) in [7, 11) is 0. The minimum absolute atomic E-state index is 0.404. The molecular weight excluding hydrogens is 871 g/mol. The summed E-state index contributed by atoms with van der Waals surface area (Å²) in [6, 6.07) is 48.5. The van der Waals surface area contributed by atoms with Crippen molar-refractivity contribution in [3.05, 3.63) is 280 Å². The van der Waals surface area contributed by atoms with Gasteiger partial charge in [0, 0.05) is 39.3 Å². The van der Waals surface area contributed by atoms with E-state index in [0.29, 0.717) is 18.1 Å². The summed E-state index contributed by atoms with van der Waals surface area (Å²) in [5, 5.41) is 18.5. The number of benzene rings is 7. The Balaban J connectivity index is 0.880. The SMILES string of the molecule is C=Cc1ccc2c3c1/C(=C\C/C=C/C(=C\C(=N)C1=CCc4ccc5c6c4C(=C1)C=CC(=CC=C5)C6)Nc1ccccc1-c1ccc4c(c1)c1ccccc1n4-c1ccc4ccccc4c1)C=CC3CCC=C2. The molecule has 3 heteroatoms. The zero-order valence-corrected chi connectivity index (χ0v) is 40.2. The van der Waals surface area contributed by atoms with E-state index in [-0.39, 0.29) is 0 Å². The molecule has 2 bridgehead atoms. The van der Waals surface area contributed by atoms with E-state index in [0.717, 1.165) is 65.0 Å². The first-order valence-electron chi connectivity index (χ1n) is 25.4. The molecule has 1 heterocycles. The molecule has 0 aliphatic heterocycles. The van der Waals surface area contributed by atoms with E-state index in [9.17, 15) is 5.41 Å². The van der Waals surface area contributed by atoms with Gasteiger partial charge in [0.05, 0.1) is 16.7 Å². The number of hydrogen-bond donors (Lipinski definition) is 2. The summed E-state index contributed by atoms with van der Waals surface area (Å²) in [4.78, 5) is 0. The van der Waals surface area contributed by atoms with Crippen molar-refractivity contribution in [3.63, 3.8) is 0 Å². The Kier molecular flexibility index (Phi) is 10.9. The summed E-state index contributed by atoms with van der Waals surface area (Å²) >= 11 is 0. The highest BCUT2D eigenvalue weighted by atomic mass is 15.0. The minimum Gasteiger partial charge on any atom is -0.355 e. The molecular formula is C69H53N3. The zero-order chi connectivity index (χ0) is 48.1. The first-order chi connectivity index (χ1) is 35.5. The van der Waals surface area contributed by atoms with Gasteiger partial charge in [-0.15, -0.1) is 0 Å². The van der Waals surface area contributed by atoms with Crippen molar-refractivity contribution in [3.8, 4) is 16.8 Å². The number of rotatable bonds is 10. The van der Waals surface area contributed by atoms with Crippen LogP contribution in [0.15, 0.2) is 236 Å². The van der Waals surface area contributed by atoms with Gasteiger partial charge in [0.1, 0.15) is 0 Å². The van der Waals surface area contributed by atoms with Crippen molar-refractivity contribution < 1.29 is 0 Å². The lowest BCUT2D eigenvalue weighted by Crippen LogP contribution is -2.07. The molecule has 13 rings (SSSR count). The third-order valence-corrected chi connectivity index (χ3v) is 15.2. The Bertz CT molecular complexity index is 3950. The highest BCUT2D eigenvalue weighted by Gasteiger charge is 2.25. The summed E-state index contributed by atoms with van der Waals surface area (Å²) in [6.45, 7) is 4.22. The van der Waals surface area contributed by atoms with Gasteiger partial charge in [-0.2, -0.15) is 0 Å². The highest BCUT2D eigenvalue weighted by Crippen LogP contribution is 2.43. The van der Waals surface area contributed by atoms with Gasteiger partial charge < -0.3 is 15.3 Å². The van der Waals surface area contributed by atoms with Gasteiger partial charge >= 0.3 is 0 Å². The maximum atomic E-state index is 9.81. The Labute approximate surface area is 421 Å². The van der Waals surface area contributed by atoms with Crippen molar-refractivity contribution >= 4 is 73.4 Å². The first kappa shape index (κ1) is 43.2. The molecule has 0 radical (unpaired) electrons. The van der Waals surface area contributed by atoms with Crippen LogP contribution in [0, 0.1) is 5.41 Å². The van der Waals surface area contributed by atoms with Gasteiger partial charge in [0.2, 0.25) is 0 Å². The third-order valence-electron chi connectivity index (χ3n) is 15.2. The number of nitrogens with zero attached hydrogens (tertiary/aromatic N) is 1. The van der Waals surface area contributed by atoms with E-state index in [1.54, 1.807) is 0 Å². The molecule has 0 saturated heterocycles. The van der Waals surface area contributed by atoms with Crippen LogP contribution in [-0.4, -0.2) is 10.3 Å². The molecule has 8 aromatic rings. The normalized spacial score (nSPS) is 17.1. The average Bonchev–Trinajstić information content (AvgIpc) is 3.75. The van der Waals surface area contributed by atoms with E-state index in [4.69, 9.17) is 0 Å². The quantitative estimate of drug-likeness (QED) is 0.104. The van der Waals surface area contributed by atoms with Crippen LogP contribution in [0.2, 0.25) is 0 Å². The van der Waals surface area contributed by atoms with Gasteiger partial charge in [0.25, 0.3) is 0 Å². The van der Waals surface area contributed by atoms with Crippen LogP contribution < -0.4 is 5.32 Å². The average molecular weight is 924 g/mol. The fraction of sp³-hybridized carbons (Fsp3) is 0.0870. The van der Waals surface area contributed by atoms with Crippen LogP contribution in [0.4, 0.5) is 5.69 Å². The van der Waals surface area contributed by atoms with Crippen LogP contribution in [-0.2, 0) is 12.8 Å². The van der Waals surface area contributed by atoms with E-state index in [2.05, 4.69) is 235 Å². The van der Waals surface area contributed by atoms with Crippen molar-refractivity contribution in [2.45, 2.75) is 38.0 Å². The number of allylic oxidation sites excluding steroid dienone is 17. The molecule has 5 aliphatic rings. The maximum Gasteiger partial charge on any atom is 0.0629 e. The lowest BCUT2D eigenvalue weighted by molar-refractivity contribution is 0.751. The summed E-state index contributed by atoms with van der Waals surface area (Å²) in [5.41, 5.74) is 23.1. The molecule has 0 amide bonds. The molecule has 72 heavy (non-hydrogen) atoms. The summed E-state index contributed by atoms with van der Waals surface area (Å²) in [5.74, 6) is 0.404. The molecule has 0 fully saturated rings. The van der Waals surface area contributed by atoms with Crippen LogP contribution in [0.25, 0.3) is 78.8 Å². The number of fused-ring (bicyclic) bond motifs is 5. The Morgan fingerprint density at radius 1 is 0.764 bits per heavy atom. The van der Waals surface area contributed by atoms with Crippen LogP contribution in [0.3, 0.4) is 0 Å². The molecule has 0 saturated carbocycles. The molecule has 1 unspecified atom stereocenters. The fourth-order valence-corrected chi connectivity index (χ4v) is 11.8. The predicted octanol–water partition coefficient (Wildman–Crippen LogP) is 17.7. The zero-order valence-electron chi connectivity index (χ0n) is 40.2. The van der Waals surface area contributed by atoms with E-state index in [1.807, 2.05) is 12.2 Å². The Morgan fingerprint density at radius 2 is 1.62 bits per heavy atom. The minimum atomic E-state index is 0.404. The molecule has 0 spiro atoms. The van der Waals surface area contributed by atoms with Crippen molar-refractivity contribution in [1.29, 1.82) is 5.41 Å². The number of hydrogen-bond acceptors (Lipinski definition) is 2. The van der Waals surface area contributed by atoms with Crippen molar-refractivity contribution in [2.24, 2.45) is 0 Å². The monoisotopic (exact) mass is 923 g/mol. The van der Waals surface area contributed by atoms with E-state index < -0.39 is 0 Å². The lowest BCUT2D eigenvalue weighted by Gasteiger charge is -2.25. The van der Waals surface area contributed by atoms with Gasteiger partial charge in [-0.1, -0.05) is 183 Å².